The number of hydrogen-bond acceptors (Lipinski definition) is 5. The minimum absolute atomic E-state index is 0.109. The predicted molar refractivity (Wildman–Crippen MR) is 50.8 cm³/mol. The van der Waals surface area contributed by atoms with Gasteiger partial charge in [0, 0.05) is 19.4 Å². The topological polar surface area (TPSA) is 90.4 Å². The van der Waals surface area contributed by atoms with Crippen molar-refractivity contribution in [1.82, 2.24) is 9.55 Å². The van der Waals surface area contributed by atoms with Crippen LogP contribution in [0.1, 0.15) is 0 Å². The highest BCUT2D eigenvalue weighted by molar-refractivity contribution is 5.15. The van der Waals surface area contributed by atoms with Crippen LogP contribution in [0.4, 0.5) is 5.95 Å². The maximum atomic E-state index is 10.8. The van der Waals surface area contributed by atoms with E-state index in [1.807, 2.05) is 0 Å². The molecule has 0 aliphatic carbocycles. The van der Waals surface area contributed by atoms with Gasteiger partial charge in [-0.15, -0.1) is 0 Å². The number of ether oxygens (including phenoxy) is 1. The number of rotatable bonds is 4. The van der Waals surface area contributed by atoms with Gasteiger partial charge in [-0.1, -0.05) is 0 Å². The van der Waals surface area contributed by atoms with Crippen LogP contribution in [-0.2, 0) is 11.3 Å². The number of nitrogen functional groups attached to an aromatic ring is 1. The molecule has 0 saturated heterocycles. The molecule has 1 aromatic rings. The Morgan fingerprint density at radius 2 is 2.50 bits per heavy atom. The van der Waals surface area contributed by atoms with Crippen LogP contribution in [0.3, 0.4) is 0 Å². The Balaban J connectivity index is 2.81. The van der Waals surface area contributed by atoms with E-state index < -0.39 is 0 Å². The van der Waals surface area contributed by atoms with Gasteiger partial charge in [-0.2, -0.15) is 4.98 Å². The van der Waals surface area contributed by atoms with Crippen molar-refractivity contribution in [3.05, 3.63) is 22.6 Å². The number of aliphatic hydroxyl groups is 1. The first-order chi connectivity index (χ1) is 6.67. The van der Waals surface area contributed by atoms with Crippen LogP contribution >= 0.6 is 0 Å². The van der Waals surface area contributed by atoms with Crippen LogP contribution in [0.15, 0.2) is 17.1 Å². The minimum Gasteiger partial charge on any atom is -0.394 e. The number of nitrogens with zero attached hydrogens (tertiary/aromatic N) is 2. The van der Waals surface area contributed by atoms with Crippen LogP contribution in [0.5, 0.6) is 0 Å². The molecule has 0 aliphatic heterocycles. The Labute approximate surface area is 80.9 Å². The molecule has 0 spiro atoms. The maximum absolute atomic E-state index is 10.8. The molecule has 1 rings (SSSR count). The van der Waals surface area contributed by atoms with E-state index in [4.69, 9.17) is 15.6 Å². The number of nitrogens with two attached hydrogens (primary N) is 1. The highest BCUT2D eigenvalue weighted by Crippen LogP contribution is 1.99. The summed E-state index contributed by atoms with van der Waals surface area (Å²) in [6, 6.07) is 1.31. The Bertz CT molecular complexity index is 346. The van der Waals surface area contributed by atoms with Gasteiger partial charge in [0.1, 0.15) is 0 Å². The number of methoxy groups -OCH3 is 1. The number of hydrogen-bond donors (Lipinski definition) is 2. The zero-order chi connectivity index (χ0) is 10.6. The summed E-state index contributed by atoms with van der Waals surface area (Å²) in [7, 11) is 1.49. The summed E-state index contributed by atoms with van der Waals surface area (Å²) in [5.41, 5.74) is 5.12. The molecule has 0 unspecified atom stereocenters. The second-order valence-electron chi connectivity index (χ2n) is 2.82. The number of aromatic nitrogens is 2. The summed E-state index contributed by atoms with van der Waals surface area (Å²) in [5, 5.41) is 8.87. The molecule has 14 heavy (non-hydrogen) atoms. The van der Waals surface area contributed by atoms with Crippen molar-refractivity contribution in [3.8, 4) is 0 Å². The van der Waals surface area contributed by atoms with E-state index in [-0.39, 0.29) is 24.2 Å². The van der Waals surface area contributed by atoms with Crippen molar-refractivity contribution in [3.63, 3.8) is 0 Å². The molecule has 0 radical (unpaired) electrons. The first-order valence-electron chi connectivity index (χ1n) is 4.14. The van der Waals surface area contributed by atoms with Crippen molar-refractivity contribution in [1.29, 1.82) is 0 Å². The monoisotopic (exact) mass is 199 g/mol. The molecule has 0 amide bonds. The number of anilines is 1. The van der Waals surface area contributed by atoms with Gasteiger partial charge < -0.3 is 20.1 Å². The second-order valence-corrected chi connectivity index (χ2v) is 2.82. The maximum Gasteiger partial charge on any atom is 0.274 e. The number of aliphatic hydroxyl groups excluding tert-OH is 1. The summed E-state index contributed by atoms with van der Waals surface area (Å²) in [6.45, 7) is 0.258. The van der Waals surface area contributed by atoms with Gasteiger partial charge >= 0.3 is 0 Å². The van der Waals surface area contributed by atoms with Gasteiger partial charge in [0.15, 0.2) is 0 Å². The highest BCUT2D eigenvalue weighted by atomic mass is 16.5. The smallest absolute Gasteiger partial charge is 0.274 e. The van der Waals surface area contributed by atoms with Crippen molar-refractivity contribution < 1.29 is 9.84 Å². The molecular weight excluding hydrogens is 186 g/mol. The lowest BCUT2D eigenvalue weighted by atomic mass is 10.3. The third-order valence-corrected chi connectivity index (χ3v) is 1.85. The predicted octanol–water partition coefficient (Wildman–Crippen LogP) is -1.17. The average Bonchev–Trinajstić information content (AvgIpc) is 2.17. The summed E-state index contributed by atoms with van der Waals surface area (Å²) in [6.07, 6.45) is 1.17. The second kappa shape index (κ2) is 4.73. The standard InChI is InChI=1S/C8H13N3O3/c1-14-6(5-12)4-11-3-2-7(13)10-8(11)9/h2-3,6,12H,4-5H2,1H3,(H2,9,10,13)/t6-/m0/s1. The van der Waals surface area contributed by atoms with E-state index in [0.29, 0.717) is 6.54 Å². The summed E-state index contributed by atoms with van der Waals surface area (Å²) in [5.74, 6) is 0.119. The Hall–Kier alpha value is -1.40. The van der Waals surface area contributed by atoms with Gasteiger partial charge in [-0.05, 0) is 0 Å². The normalized spacial score (nSPS) is 12.7. The van der Waals surface area contributed by atoms with Crippen LogP contribution in [0.25, 0.3) is 0 Å². The van der Waals surface area contributed by atoms with Gasteiger partial charge in [-0.3, -0.25) is 4.79 Å². The Morgan fingerprint density at radius 3 is 3.00 bits per heavy atom. The van der Waals surface area contributed by atoms with Crippen molar-refractivity contribution in [2.75, 3.05) is 19.5 Å². The fourth-order valence-corrected chi connectivity index (χ4v) is 1.03. The molecule has 78 valence electrons. The molecular formula is C8H13N3O3. The Kier molecular flexibility index (Phi) is 3.61. The molecule has 6 nitrogen and oxygen atoms in total. The fraction of sp³-hybridized carbons (Fsp3) is 0.500. The first-order valence-corrected chi connectivity index (χ1v) is 4.14. The van der Waals surface area contributed by atoms with E-state index in [1.165, 1.54) is 19.4 Å². The van der Waals surface area contributed by atoms with E-state index in [0.717, 1.165) is 0 Å². The highest BCUT2D eigenvalue weighted by Gasteiger charge is 2.07. The van der Waals surface area contributed by atoms with E-state index >= 15 is 0 Å². The lowest BCUT2D eigenvalue weighted by Crippen LogP contribution is -2.25. The average molecular weight is 199 g/mol. The van der Waals surface area contributed by atoms with Gasteiger partial charge in [0.05, 0.1) is 19.3 Å². The van der Waals surface area contributed by atoms with Gasteiger partial charge in [-0.25, -0.2) is 0 Å². The fourth-order valence-electron chi connectivity index (χ4n) is 1.03. The molecule has 1 aromatic heterocycles. The van der Waals surface area contributed by atoms with Crippen molar-refractivity contribution in [2.24, 2.45) is 0 Å². The molecule has 0 fully saturated rings. The van der Waals surface area contributed by atoms with E-state index in [1.54, 1.807) is 4.57 Å². The third-order valence-electron chi connectivity index (χ3n) is 1.85. The molecule has 0 bridgehead atoms. The molecule has 0 aliphatic rings. The largest absolute Gasteiger partial charge is 0.394 e. The molecule has 1 atom stereocenters. The quantitative estimate of drug-likeness (QED) is 0.638. The molecule has 6 heteroatoms. The van der Waals surface area contributed by atoms with Crippen LogP contribution in [-0.4, -0.2) is 34.5 Å². The summed E-state index contributed by atoms with van der Waals surface area (Å²) in [4.78, 5) is 14.3. The zero-order valence-corrected chi connectivity index (χ0v) is 7.88. The van der Waals surface area contributed by atoms with Crippen molar-refractivity contribution in [2.45, 2.75) is 12.6 Å². The molecule has 1 heterocycles. The van der Waals surface area contributed by atoms with Crippen LogP contribution in [0.2, 0.25) is 0 Å². The van der Waals surface area contributed by atoms with E-state index in [2.05, 4.69) is 4.98 Å². The van der Waals surface area contributed by atoms with Crippen LogP contribution < -0.4 is 11.3 Å². The SMILES string of the molecule is CO[C@H](CO)Cn1ccc(=O)nc1N. The van der Waals surface area contributed by atoms with E-state index in [9.17, 15) is 4.79 Å². The Morgan fingerprint density at radius 1 is 1.79 bits per heavy atom. The van der Waals surface area contributed by atoms with Crippen molar-refractivity contribution >= 4 is 5.95 Å². The minimum atomic E-state index is -0.378. The summed E-state index contributed by atoms with van der Waals surface area (Å²) < 4.78 is 6.50. The van der Waals surface area contributed by atoms with Crippen LogP contribution in [0, 0.1) is 0 Å². The molecule has 0 saturated carbocycles. The zero-order valence-electron chi connectivity index (χ0n) is 7.88. The molecule has 3 N–H and O–H groups in total. The first kappa shape index (κ1) is 10.7. The summed E-state index contributed by atoms with van der Waals surface area (Å²) >= 11 is 0. The third kappa shape index (κ3) is 2.54. The van der Waals surface area contributed by atoms with Gasteiger partial charge in [0.2, 0.25) is 5.95 Å². The lowest BCUT2D eigenvalue weighted by molar-refractivity contribution is 0.0374. The molecule has 0 aromatic carbocycles. The van der Waals surface area contributed by atoms with Gasteiger partial charge in [0.25, 0.3) is 5.56 Å². The lowest BCUT2D eigenvalue weighted by Gasteiger charge is -2.15.